The molecule has 328 valence electrons. The highest BCUT2D eigenvalue weighted by atomic mass is 79.9. The van der Waals surface area contributed by atoms with Crippen LogP contribution in [0, 0.1) is 41.0 Å². The average molecular weight is 983 g/mol. The molecule has 0 spiro atoms. The second kappa shape index (κ2) is 20.4. The predicted octanol–water partition coefficient (Wildman–Crippen LogP) is 14.0. The minimum Gasteiger partial charge on any atom is -0.273 e. The molecule has 0 aliphatic carbocycles. The lowest BCUT2D eigenvalue weighted by atomic mass is 9.94. The molecule has 2 heterocycles. The van der Waals surface area contributed by atoms with Gasteiger partial charge < -0.3 is 0 Å². The molecule has 0 radical (unpaired) electrons. The van der Waals surface area contributed by atoms with Gasteiger partial charge in [0.2, 0.25) is 0 Å². The maximum absolute atomic E-state index is 12.5. The number of nitro groups is 2. The van der Waals surface area contributed by atoms with Crippen LogP contribution in [0.5, 0.6) is 0 Å². The number of fused-ring (bicyclic) bond motifs is 4. The zero-order valence-electron chi connectivity index (χ0n) is 36.1. The van der Waals surface area contributed by atoms with Gasteiger partial charge in [0.1, 0.15) is 5.88 Å². The molecule has 2 aliphatic rings. The molecule has 0 saturated carbocycles. The van der Waals surface area contributed by atoms with E-state index in [9.17, 15) is 28.6 Å². The normalized spacial score (nSPS) is 12.4. The van der Waals surface area contributed by atoms with E-state index in [4.69, 9.17) is 0 Å². The Kier molecular flexibility index (Phi) is 14.7. The van der Waals surface area contributed by atoms with Crippen molar-refractivity contribution in [3.05, 3.63) is 233 Å². The van der Waals surface area contributed by atoms with Gasteiger partial charge in [-0.3, -0.25) is 25.2 Å². The van der Waals surface area contributed by atoms with Gasteiger partial charge in [-0.2, -0.15) is 0 Å². The van der Waals surface area contributed by atoms with E-state index < -0.39 is 9.84 Å². The summed E-state index contributed by atoms with van der Waals surface area (Å²) in [5, 5.41) is 21.3. The van der Waals surface area contributed by atoms with Gasteiger partial charge in [0.15, 0.2) is 9.84 Å². The Bertz CT molecular complexity index is 3130. The third kappa shape index (κ3) is 11.4. The van der Waals surface area contributed by atoms with Crippen LogP contribution in [0.4, 0.5) is 11.4 Å². The number of hydrogen-bond acceptors (Lipinski definition) is 9. The lowest BCUT2D eigenvalue weighted by Crippen LogP contribution is -2.08. The summed E-state index contributed by atoms with van der Waals surface area (Å²) in [6.07, 6.45) is 1.81. The lowest BCUT2D eigenvalue weighted by molar-refractivity contribution is -0.385. The Balaban J connectivity index is 0.000000158. The van der Waals surface area contributed by atoms with Gasteiger partial charge in [0.25, 0.3) is 11.4 Å². The smallest absolute Gasteiger partial charge is 0.272 e. The van der Waals surface area contributed by atoms with E-state index in [1.807, 2.05) is 38.1 Å². The number of halogens is 1. The van der Waals surface area contributed by atoms with E-state index in [2.05, 4.69) is 106 Å². The van der Waals surface area contributed by atoms with Crippen molar-refractivity contribution in [3.8, 4) is 0 Å². The first-order chi connectivity index (χ1) is 31.1. The van der Waals surface area contributed by atoms with Crippen molar-refractivity contribution in [1.82, 2.24) is 0 Å². The molecular weight excluding hydrogens is 939 g/mol. The van der Waals surface area contributed by atoms with Crippen molar-refractivity contribution in [3.63, 3.8) is 0 Å². The summed E-state index contributed by atoms with van der Waals surface area (Å²) in [7, 11) is -3.43. The molecule has 0 atom stereocenters. The average Bonchev–Trinajstić information content (AvgIpc) is 3.29. The third-order valence-electron chi connectivity index (χ3n) is 11.0. The number of sulfone groups is 1. The molecule has 0 bridgehead atoms. The topological polar surface area (TPSA) is 133 Å². The fourth-order valence-corrected chi connectivity index (χ4v) is 11.0. The van der Waals surface area contributed by atoms with Crippen LogP contribution in [-0.2, 0) is 22.7 Å². The Morgan fingerprint density at radius 2 is 1.08 bits per heavy atom. The summed E-state index contributed by atoms with van der Waals surface area (Å²) in [6.45, 7) is 11.5. The van der Waals surface area contributed by atoms with Crippen LogP contribution in [0.1, 0.15) is 62.6 Å². The maximum atomic E-state index is 12.5. The van der Waals surface area contributed by atoms with Gasteiger partial charge in [-0.1, -0.05) is 112 Å². The maximum Gasteiger partial charge on any atom is 0.272 e. The highest BCUT2D eigenvalue weighted by Crippen LogP contribution is 2.42. The van der Waals surface area contributed by atoms with Crippen molar-refractivity contribution in [2.75, 3.05) is 5.88 Å². The Morgan fingerprint density at radius 3 is 1.62 bits per heavy atom. The molecule has 0 aromatic heterocycles. The standard InChI is InChI=1S/C23H21NO2S2.C22H17NO2S.C7H6BrNO2/c1-16-7-10-21(11-8-16)28(25,26)15-24-17(2)18-9-12-23-20(13-18)14-19-5-3-4-6-22(19)27-23;1-14-11-16(7-9-20(14)23(24)25)15(2)17-8-10-22-19(12-17)13-18-5-3-4-6-21(18)26-22;1-5-4-6(8)2-3-7(5)9(10)11/h3-13H,14-15H2,1-2H3;3-12H,2,13H2,1H3;2-4H,1H3. The fraction of sp³-hybridized carbons (Fsp3) is 0.135. The summed E-state index contributed by atoms with van der Waals surface area (Å²) >= 11 is 6.81. The largest absolute Gasteiger partial charge is 0.273 e. The Morgan fingerprint density at radius 1 is 0.615 bits per heavy atom. The molecule has 0 saturated heterocycles. The highest BCUT2D eigenvalue weighted by Gasteiger charge is 2.20. The number of benzene rings is 7. The summed E-state index contributed by atoms with van der Waals surface area (Å²) in [6, 6.07) is 46.6. The predicted molar refractivity (Wildman–Crippen MR) is 267 cm³/mol. The summed E-state index contributed by atoms with van der Waals surface area (Å²) in [5.41, 5.74) is 12.4. The molecule has 0 amide bonds. The minimum absolute atomic E-state index is 0.139. The summed E-state index contributed by atoms with van der Waals surface area (Å²) in [5.74, 6) is -0.240. The Labute approximate surface area is 396 Å². The van der Waals surface area contributed by atoms with Gasteiger partial charge in [-0.15, -0.1) is 0 Å². The molecule has 9 rings (SSSR count). The van der Waals surface area contributed by atoms with Gasteiger partial charge in [0, 0.05) is 53.0 Å². The molecular formula is C52H44BrN3O6S3. The second-order valence-corrected chi connectivity index (χ2v) is 20.7. The van der Waals surface area contributed by atoms with Crippen LogP contribution in [0.25, 0.3) is 5.57 Å². The van der Waals surface area contributed by atoms with E-state index in [0.717, 1.165) is 50.9 Å². The van der Waals surface area contributed by atoms with E-state index in [-0.39, 0.29) is 27.1 Å². The van der Waals surface area contributed by atoms with Crippen LogP contribution in [0.2, 0.25) is 0 Å². The second-order valence-electron chi connectivity index (χ2n) is 15.6. The van der Waals surface area contributed by atoms with E-state index in [1.165, 1.54) is 47.9 Å². The van der Waals surface area contributed by atoms with Crippen LogP contribution in [0.15, 0.2) is 186 Å². The zero-order valence-corrected chi connectivity index (χ0v) is 40.1. The number of rotatable bonds is 8. The van der Waals surface area contributed by atoms with Gasteiger partial charge >= 0.3 is 0 Å². The van der Waals surface area contributed by atoms with E-state index in [0.29, 0.717) is 16.0 Å². The molecule has 0 unspecified atom stereocenters. The molecule has 0 N–H and O–H groups in total. The van der Waals surface area contributed by atoms with Crippen molar-refractivity contribution in [2.45, 2.75) is 65.0 Å². The molecule has 7 aromatic carbocycles. The molecule has 2 aliphatic heterocycles. The highest BCUT2D eigenvalue weighted by molar-refractivity contribution is 9.10. The van der Waals surface area contributed by atoms with Crippen LogP contribution < -0.4 is 0 Å². The summed E-state index contributed by atoms with van der Waals surface area (Å²) < 4.78 is 25.9. The quantitative estimate of drug-likeness (QED) is 0.0835. The first-order valence-electron chi connectivity index (χ1n) is 20.5. The minimum atomic E-state index is -3.43. The van der Waals surface area contributed by atoms with Gasteiger partial charge in [0.05, 0.1) is 14.7 Å². The van der Waals surface area contributed by atoms with Crippen molar-refractivity contribution < 1.29 is 18.3 Å². The number of hydrogen-bond donors (Lipinski definition) is 0. The van der Waals surface area contributed by atoms with Crippen molar-refractivity contribution in [1.29, 1.82) is 0 Å². The number of nitro benzene ring substituents is 2. The Hall–Kier alpha value is -6.12. The van der Waals surface area contributed by atoms with Crippen LogP contribution >= 0.6 is 39.5 Å². The number of aliphatic imine (C=N–C) groups is 1. The van der Waals surface area contributed by atoms with E-state index in [1.54, 1.807) is 73.8 Å². The first kappa shape index (κ1) is 46.9. The lowest BCUT2D eigenvalue weighted by Gasteiger charge is -2.20. The first-order valence-corrected chi connectivity index (χ1v) is 24.6. The van der Waals surface area contributed by atoms with Gasteiger partial charge in [-0.25, -0.2) is 8.42 Å². The number of aryl methyl sites for hydroxylation is 3. The van der Waals surface area contributed by atoms with Gasteiger partial charge in [-0.05, 0) is 158 Å². The number of nitrogens with zero attached hydrogens (tertiary/aromatic N) is 3. The molecule has 65 heavy (non-hydrogen) atoms. The van der Waals surface area contributed by atoms with Crippen LogP contribution in [0.3, 0.4) is 0 Å². The zero-order chi connectivity index (χ0) is 46.4. The van der Waals surface area contributed by atoms with E-state index >= 15 is 0 Å². The molecule has 9 nitrogen and oxygen atoms in total. The SMILES string of the molecule is C=C(c1ccc([N+](=O)[O-])c(C)c1)c1ccc2c(c1)Cc1ccccc1S2.CC(=NCS(=O)(=O)c1ccc(C)cc1)c1ccc2c(c1)Cc1ccccc1S2.Cc1cc(Br)ccc1[N+](=O)[O-]. The van der Waals surface area contributed by atoms with Crippen molar-refractivity contribution >= 4 is 72.0 Å². The third-order valence-corrected chi connectivity index (χ3v) is 15.4. The monoisotopic (exact) mass is 981 g/mol. The summed E-state index contributed by atoms with van der Waals surface area (Å²) in [4.78, 5) is 30.4. The van der Waals surface area contributed by atoms with Crippen molar-refractivity contribution in [2.24, 2.45) is 4.99 Å². The molecule has 7 aromatic rings. The molecule has 13 heteroatoms. The fourth-order valence-electron chi connectivity index (χ4n) is 7.32. The van der Waals surface area contributed by atoms with Crippen LogP contribution in [-0.4, -0.2) is 29.9 Å². The molecule has 0 fully saturated rings.